The van der Waals surface area contributed by atoms with Crippen molar-refractivity contribution in [1.82, 2.24) is 5.32 Å². The number of para-hydroxylation sites is 2. The van der Waals surface area contributed by atoms with Gasteiger partial charge in [0.25, 0.3) is 0 Å². The number of carbonyl (C=O) groups excluding carboxylic acids is 1. The monoisotopic (exact) mass is 430 g/mol. The van der Waals surface area contributed by atoms with E-state index in [-0.39, 0.29) is 17.6 Å². The first-order valence-corrected chi connectivity index (χ1v) is 12.2. The SMILES string of the molecule is CCC1(CC)CC(NC(=O)C(C)N(c2ccccc2)S(C)(=O)=O)c2ccccc2O1. The molecular weight excluding hydrogens is 400 g/mol. The minimum atomic E-state index is -3.65. The third-order valence-corrected chi connectivity index (χ3v) is 7.14. The fourth-order valence-corrected chi connectivity index (χ4v) is 5.28. The largest absolute Gasteiger partial charge is 0.487 e. The molecule has 1 N–H and O–H groups in total. The maximum Gasteiger partial charge on any atom is 0.244 e. The van der Waals surface area contributed by atoms with Crippen LogP contribution in [0, 0.1) is 0 Å². The van der Waals surface area contributed by atoms with Crippen LogP contribution < -0.4 is 14.4 Å². The van der Waals surface area contributed by atoms with E-state index in [9.17, 15) is 13.2 Å². The summed E-state index contributed by atoms with van der Waals surface area (Å²) < 4.78 is 32.5. The lowest BCUT2D eigenvalue weighted by atomic mass is 9.83. The first-order valence-electron chi connectivity index (χ1n) is 10.3. The number of amides is 1. The average molecular weight is 431 g/mol. The molecular formula is C23H30N2O4S. The van der Waals surface area contributed by atoms with Crippen molar-refractivity contribution in [3.63, 3.8) is 0 Å². The maximum absolute atomic E-state index is 13.2. The Hall–Kier alpha value is -2.54. The van der Waals surface area contributed by atoms with Crippen LogP contribution in [-0.4, -0.2) is 32.2 Å². The molecule has 0 spiro atoms. The van der Waals surface area contributed by atoms with Crippen LogP contribution in [0.5, 0.6) is 5.75 Å². The lowest BCUT2D eigenvalue weighted by Crippen LogP contribution is -2.51. The number of ether oxygens (including phenoxy) is 1. The molecule has 2 aromatic rings. The third-order valence-electron chi connectivity index (χ3n) is 5.90. The molecule has 30 heavy (non-hydrogen) atoms. The summed E-state index contributed by atoms with van der Waals surface area (Å²) >= 11 is 0. The smallest absolute Gasteiger partial charge is 0.244 e. The first-order chi connectivity index (χ1) is 14.2. The topological polar surface area (TPSA) is 75.7 Å². The Balaban J connectivity index is 1.90. The molecule has 1 aliphatic heterocycles. The molecule has 3 rings (SSSR count). The van der Waals surface area contributed by atoms with Gasteiger partial charge in [-0.05, 0) is 38.0 Å². The summed E-state index contributed by atoms with van der Waals surface area (Å²) in [6.45, 7) is 5.78. The highest BCUT2D eigenvalue weighted by molar-refractivity contribution is 7.92. The fraction of sp³-hybridized carbons (Fsp3) is 0.435. The summed E-state index contributed by atoms with van der Waals surface area (Å²) in [6, 6.07) is 15.3. The molecule has 162 valence electrons. The summed E-state index contributed by atoms with van der Waals surface area (Å²) in [4.78, 5) is 13.2. The Morgan fingerprint density at radius 3 is 2.33 bits per heavy atom. The van der Waals surface area contributed by atoms with Gasteiger partial charge in [0, 0.05) is 12.0 Å². The maximum atomic E-state index is 13.2. The number of anilines is 1. The van der Waals surface area contributed by atoms with E-state index in [2.05, 4.69) is 19.2 Å². The van der Waals surface area contributed by atoms with E-state index >= 15 is 0 Å². The highest BCUT2D eigenvalue weighted by atomic mass is 32.2. The zero-order chi connectivity index (χ0) is 21.9. The lowest BCUT2D eigenvalue weighted by molar-refractivity contribution is -0.123. The molecule has 1 amide bonds. The van der Waals surface area contributed by atoms with Crippen molar-refractivity contribution in [3.05, 3.63) is 60.2 Å². The van der Waals surface area contributed by atoms with Crippen LogP contribution in [0.25, 0.3) is 0 Å². The second kappa shape index (κ2) is 8.68. The van der Waals surface area contributed by atoms with E-state index in [1.165, 1.54) is 4.31 Å². The normalized spacial score (nSPS) is 18.6. The van der Waals surface area contributed by atoms with Gasteiger partial charge in [-0.2, -0.15) is 0 Å². The summed E-state index contributed by atoms with van der Waals surface area (Å²) in [5, 5.41) is 3.10. The molecule has 2 aromatic carbocycles. The molecule has 0 saturated carbocycles. The Kier molecular flexibility index (Phi) is 6.41. The molecule has 0 aliphatic carbocycles. The number of rotatable bonds is 7. The second-order valence-electron chi connectivity index (χ2n) is 7.87. The van der Waals surface area contributed by atoms with Crippen molar-refractivity contribution in [3.8, 4) is 5.75 Å². The highest BCUT2D eigenvalue weighted by Gasteiger charge is 2.40. The predicted octanol–water partition coefficient (Wildman–Crippen LogP) is 4.04. The zero-order valence-electron chi connectivity index (χ0n) is 18.0. The summed E-state index contributed by atoms with van der Waals surface area (Å²) in [6.07, 6.45) is 3.39. The van der Waals surface area contributed by atoms with Gasteiger partial charge in [0.1, 0.15) is 17.4 Å². The first kappa shape index (κ1) is 22.2. The molecule has 0 aromatic heterocycles. The number of sulfonamides is 1. The molecule has 6 nitrogen and oxygen atoms in total. The minimum Gasteiger partial charge on any atom is -0.487 e. The lowest BCUT2D eigenvalue weighted by Gasteiger charge is -2.42. The van der Waals surface area contributed by atoms with E-state index in [0.717, 1.165) is 30.4 Å². The van der Waals surface area contributed by atoms with Crippen molar-refractivity contribution >= 4 is 21.6 Å². The van der Waals surface area contributed by atoms with Crippen molar-refractivity contribution in [2.24, 2.45) is 0 Å². The van der Waals surface area contributed by atoms with Gasteiger partial charge in [-0.25, -0.2) is 8.42 Å². The van der Waals surface area contributed by atoms with E-state index in [1.807, 2.05) is 30.3 Å². The predicted molar refractivity (Wildman–Crippen MR) is 119 cm³/mol. The van der Waals surface area contributed by atoms with Gasteiger partial charge >= 0.3 is 0 Å². The summed E-state index contributed by atoms with van der Waals surface area (Å²) in [7, 11) is -3.65. The van der Waals surface area contributed by atoms with Crippen molar-refractivity contribution in [2.75, 3.05) is 10.6 Å². The van der Waals surface area contributed by atoms with E-state index in [0.29, 0.717) is 12.1 Å². The van der Waals surface area contributed by atoms with Gasteiger partial charge in [-0.1, -0.05) is 50.2 Å². The Morgan fingerprint density at radius 2 is 1.73 bits per heavy atom. The van der Waals surface area contributed by atoms with Crippen LogP contribution in [0.15, 0.2) is 54.6 Å². The van der Waals surface area contributed by atoms with Crippen molar-refractivity contribution in [2.45, 2.75) is 57.7 Å². The van der Waals surface area contributed by atoms with Gasteiger partial charge < -0.3 is 10.1 Å². The van der Waals surface area contributed by atoms with E-state index in [4.69, 9.17) is 4.74 Å². The molecule has 1 aliphatic rings. The average Bonchev–Trinajstić information content (AvgIpc) is 2.73. The number of hydrogen-bond acceptors (Lipinski definition) is 4. The van der Waals surface area contributed by atoms with Gasteiger partial charge in [0.05, 0.1) is 18.0 Å². The zero-order valence-corrected chi connectivity index (χ0v) is 18.8. The standard InChI is InChI=1S/C23H30N2O4S/c1-5-23(6-2)16-20(19-14-10-11-15-21(19)29-23)24-22(26)17(3)25(30(4,27)28)18-12-8-7-9-13-18/h7-15,17,20H,5-6,16H2,1-4H3,(H,24,26). The Morgan fingerprint density at radius 1 is 1.13 bits per heavy atom. The molecule has 1 heterocycles. The van der Waals surface area contributed by atoms with Crippen molar-refractivity contribution in [1.29, 1.82) is 0 Å². The highest BCUT2D eigenvalue weighted by Crippen LogP contribution is 2.42. The van der Waals surface area contributed by atoms with Crippen LogP contribution in [0.4, 0.5) is 5.69 Å². The molecule has 7 heteroatoms. The molecule has 0 bridgehead atoms. The number of nitrogens with zero attached hydrogens (tertiary/aromatic N) is 1. The summed E-state index contributed by atoms with van der Waals surface area (Å²) in [5.41, 5.74) is 1.03. The van der Waals surface area contributed by atoms with Crippen molar-refractivity contribution < 1.29 is 17.9 Å². The van der Waals surface area contributed by atoms with Gasteiger partial charge in [-0.15, -0.1) is 0 Å². The number of fused-ring (bicyclic) bond motifs is 1. The van der Waals surface area contributed by atoms with Gasteiger partial charge in [0.15, 0.2) is 0 Å². The van der Waals surface area contributed by atoms with E-state index in [1.54, 1.807) is 31.2 Å². The van der Waals surface area contributed by atoms with Crippen LogP contribution in [0.2, 0.25) is 0 Å². The number of nitrogens with one attached hydrogen (secondary N) is 1. The fourth-order valence-electron chi connectivity index (χ4n) is 4.11. The molecule has 2 atom stereocenters. The van der Waals surface area contributed by atoms with Crippen LogP contribution >= 0.6 is 0 Å². The summed E-state index contributed by atoms with van der Waals surface area (Å²) in [5.74, 6) is 0.431. The quantitative estimate of drug-likeness (QED) is 0.719. The molecule has 0 fully saturated rings. The molecule has 0 saturated heterocycles. The van der Waals surface area contributed by atoms with Gasteiger partial charge in [-0.3, -0.25) is 9.10 Å². The van der Waals surface area contributed by atoms with Crippen LogP contribution in [0.3, 0.4) is 0 Å². The van der Waals surface area contributed by atoms with Crippen LogP contribution in [0.1, 0.15) is 51.6 Å². The van der Waals surface area contributed by atoms with Crippen LogP contribution in [-0.2, 0) is 14.8 Å². The number of carbonyl (C=O) groups is 1. The third kappa shape index (κ3) is 4.46. The Bertz CT molecular complexity index is 987. The Labute approximate surface area is 179 Å². The van der Waals surface area contributed by atoms with Gasteiger partial charge in [0.2, 0.25) is 15.9 Å². The number of benzene rings is 2. The second-order valence-corrected chi connectivity index (χ2v) is 9.73. The number of hydrogen-bond donors (Lipinski definition) is 1. The molecule has 2 unspecified atom stereocenters. The molecule has 0 radical (unpaired) electrons. The minimum absolute atomic E-state index is 0.248. The van der Waals surface area contributed by atoms with E-state index < -0.39 is 16.1 Å².